The van der Waals surface area contributed by atoms with Gasteiger partial charge in [-0.25, -0.2) is 0 Å². The summed E-state index contributed by atoms with van der Waals surface area (Å²) in [6, 6.07) is 14.4. The van der Waals surface area contributed by atoms with E-state index < -0.39 is 0 Å². The summed E-state index contributed by atoms with van der Waals surface area (Å²) in [6.45, 7) is 9.10. The van der Waals surface area contributed by atoms with E-state index in [2.05, 4.69) is 53.2 Å². The van der Waals surface area contributed by atoms with Crippen LogP contribution >= 0.6 is 0 Å². The van der Waals surface area contributed by atoms with Crippen molar-refractivity contribution in [1.29, 1.82) is 0 Å². The standard InChI is InChI=1S/C26H35N5O2/c1-19-6-3-4-7-23(19)29-14-16-30(17-15-29)24-10-9-21(18-22(24)27)26(33)28-12-5-13-31-20(2)8-11-25(31)32/h3-4,6-7,9-10,18,20H,5,8,11-17,27H2,1-2H3,(H,28,33). The van der Waals surface area contributed by atoms with Crippen molar-refractivity contribution < 1.29 is 9.59 Å². The average Bonchev–Trinajstić information content (AvgIpc) is 3.14. The van der Waals surface area contributed by atoms with E-state index in [-0.39, 0.29) is 11.8 Å². The Hall–Kier alpha value is -3.22. The number of para-hydroxylation sites is 1. The summed E-state index contributed by atoms with van der Waals surface area (Å²) >= 11 is 0. The van der Waals surface area contributed by atoms with Gasteiger partial charge in [-0.05, 0) is 56.5 Å². The monoisotopic (exact) mass is 449 g/mol. The first-order chi connectivity index (χ1) is 15.9. The first kappa shape index (κ1) is 23.0. The highest BCUT2D eigenvalue weighted by Crippen LogP contribution is 2.28. The summed E-state index contributed by atoms with van der Waals surface area (Å²) in [7, 11) is 0. The molecule has 2 heterocycles. The molecular weight excluding hydrogens is 414 g/mol. The minimum atomic E-state index is -0.126. The van der Waals surface area contributed by atoms with E-state index in [1.807, 2.05) is 17.0 Å². The lowest BCUT2D eigenvalue weighted by molar-refractivity contribution is -0.128. The molecule has 2 aliphatic heterocycles. The lowest BCUT2D eigenvalue weighted by atomic mass is 10.1. The van der Waals surface area contributed by atoms with Crippen LogP contribution in [-0.4, -0.2) is 62.0 Å². The largest absolute Gasteiger partial charge is 0.397 e. The third kappa shape index (κ3) is 5.24. The normalized spacial score (nSPS) is 18.7. The highest BCUT2D eigenvalue weighted by molar-refractivity contribution is 5.96. The molecule has 3 N–H and O–H groups in total. The minimum absolute atomic E-state index is 0.126. The van der Waals surface area contributed by atoms with Crippen molar-refractivity contribution in [2.24, 2.45) is 0 Å². The molecule has 4 rings (SSSR count). The van der Waals surface area contributed by atoms with Gasteiger partial charge >= 0.3 is 0 Å². The van der Waals surface area contributed by atoms with Gasteiger partial charge in [-0.3, -0.25) is 9.59 Å². The Morgan fingerprint density at radius 3 is 2.39 bits per heavy atom. The number of likely N-dealkylation sites (tertiary alicyclic amines) is 1. The zero-order valence-electron chi connectivity index (χ0n) is 19.7. The number of aryl methyl sites for hydroxylation is 1. The van der Waals surface area contributed by atoms with Gasteiger partial charge in [0.2, 0.25) is 5.91 Å². The van der Waals surface area contributed by atoms with Crippen molar-refractivity contribution in [3.8, 4) is 0 Å². The van der Waals surface area contributed by atoms with Crippen LogP contribution in [-0.2, 0) is 4.79 Å². The maximum absolute atomic E-state index is 12.6. The number of rotatable bonds is 7. The van der Waals surface area contributed by atoms with Crippen LogP contribution in [0.4, 0.5) is 17.1 Å². The Morgan fingerprint density at radius 1 is 1.06 bits per heavy atom. The number of piperazine rings is 1. The molecule has 2 fully saturated rings. The number of carbonyl (C=O) groups excluding carboxylic acids is 2. The van der Waals surface area contributed by atoms with Gasteiger partial charge in [0.05, 0.1) is 11.4 Å². The molecule has 2 aromatic carbocycles. The number of nitrogens with zero attached hydrogens (tertiary/aromatic N) is 3. The Labute approximate surface area is 196 Å². The van der Waals surface area contributed by atoms with Crippen molar-refractivity contribution in [2.75, 3.05) is 54.8 Å². The molecule has 7 nitrogen and oxygen atoms in total. The summed E-state index contributed by atoms with van der Waals surface area (Å²) in [5.74, 6) is 0.0929. The quantitative estimate of drug-likeness (QED) is 0.502. The van der Waals surface area contributed by atoms with Crippen molar-refractivity contribution in [2.45, 2.75) is 39.2 Å². The Bertz CT molecular complexity index is 1000. The van der Waals surface area contributed by atoms with E-state index in [1.165, 1.54) is 11.3 Å². The molecule has 0 aliphatic carbocycles. The average molecular weight is 450 g/mol. The summed E-state index contributed by atoms with van der Waals surface area (Å²) in [5, 5.41) is 2.96. The van der Waals surface area contributed by atoms with E-state index in [0.29, 0.717) is 36.8 Å². The smallest absolute Gasteiger partial charge is 0.251 e. The maximum atomic E-state index is 12.6. The van der Waals surface area contributed by atoms with Gasteiger partial charge in [0, 0.05) is 63.0 Å². The molecule has 0 aromatic heterocycles. The molecule has 2 amide bonds. The molecule has 1 atom stereocenters. The van der Waals surface area contributed by atoms with E-state index >= 15 is 0 Å². The highest BCUT2D eigenvalue weighted by atomic mass is 16.2. The molecule has 2 saturated heterocycles. The number of nitrogen functional groups attached to an aromatic ring is 1. The molecule has 2 aliphatic rings. The fourth-order valence-corrected chi connectivity index (χ4v) is 4.87. The van der Waals surface area contributed by atoms with Gasteiger partial charge in [-0.1, -0.05) is 18.2 Å². The van der Waals surface area contributed by atoms with Gasteiger partial charge in [0.1, 0.15) is 0 Å². The van der Waals surface area contributed by atoms with Crippen LogP contribution < -0.4 is 20.9 Å². The molecule has 7 heteroatoms. The van der Waals surface area contributed by atoms with E-state index in [0.717, 1.165) is 44.7 Å². The van der Waals surface area contributed by atoms with Crippen molar-refractivity contribution in [3.05, 3.63) is 53.6 Å². The van der Waals surface area contributed by atoms with Crippen LogP contribution in [0.1, 0.15) is 42.1 Å². The lowest BCUT2D eigenvalue weighted by Crippen LogP contribution is -2.47. The van der Waals surface area contributed by atoms with E-state index in [1.54, 1.807) is 6.07 Å². The van der Waals surface area contributed by atoms with Crippen LogP contribution in [0, 0.1) is 6.92 Å². The number of amides is 2. The molecular formula is C26H35N5O2. The third-order valence-corrected chi connectivity index (χ3v) is 6.86. The molecule has 0 spiro atoms. The first-order valence-electron chi connectivity index (χ1n) is 12.0. The zero-order valence-corrected chi connectivity index (χ0v) is 19.7. The van der Waals surface area contributed by atoms with Gasteiger partial charge in [0.25, 0.3) is 5.91 Å². The first-order valence-corrected chi connectivity index (χ1v) is 12.0. The second-order valence-electron chi connectivity index (χ2n) is 9.12. The second-order valence-corrected chi connectivity index (χ2v) is 9.12. The maximum Gasteiger partial charge on any atom is 0.251 e. The van der Waals surface area contributed by atoms with E-state index in [9.17, 15) is 9.59 Å². The molecule has 0 saturated carbocycles. The van der Waals surface area contributed by atoms with Crippen molar-refractivity contribution in [3.63, 3.8) is 0 Å². The molecule has 0 radical (unpaired) electrons. The topological polar surface area (TPSA) is 81.9 Å². The summed E-state index contributed by atoms with van der Waals surface area (Å²) < 4.78 is 0. The second kappa shape index (κ2) is 10.1. The van der Waals surface area contributed by atoms with Crippen molar-refractivity contribution >= 4 is 28.9 Å². The number of nitrogens with two attached hydrogens (primary N) is 1. The Kier molecular flexibility index (Phi) is 7.06. The Morgan fingerprint density at radius 2 is 1.76 bits per heavy atom. The fourth-order valence-electron chi connectivity index (χ4n) is 4.87. The molecule has 0 bridgehead atoms. The van der Waals surface area contributed by atoms with Crippen LogP contribution in [0.25, 0.3) is 0 Å². The number of nitrogens with one attached hydrogen (secondary N) is 1. The Balaban J connectivity index is 1.28. The molecule has 33 heavy (non-hydrogen) atoms. The summed E-state index contributed by atoms with van der Waals surface area (Å²) in [5.41, 5.74) is 11.1. The van der Waals surface area contributed by atoms with Gasteiger partial charge in [-0.15, -0.1) is 0 Å². The van der Waals surface area contributed by atoms with E-state index in [4.69, 9.17) is 5.73 Å². The number of hydrogen-bond donors (Lipinski definition) is 2. The summed E-state index contributed by atoms with van der Waals surface area (Å²) in [6.07, 6.45) is 2.32. The summed E-state index contributed by atoms with van der Waals surface area (Å²) in [4.78, 5) is 31.1. The van der Waals surface area contributed by atoms with Gasteiger partial charge in [0.15, 0.2) is 0 Å². The predicted octanol–water partition coefficient (Wildman–Crippen LogP) is 3.03. The van der Waals surface area contributed by atoms with Crippen LogP contribution in [0.2, 0.25) is 0 Å². The highest BCUT2D eigenvalue weighted by Gasteiger charge is 2.26. The number of carbonyl (C=O) groups is 2. The predicted molar refractivity (Wildman–Crippen MR) is 134 cm³/mol. The SMILES string of the molecule is Cc1ccccc1N1CCN(c2ccc(C(=O)NCCCN3C(=O)CCC3C)cc2N)CC1. The van der Waals surface area contributed by atoms with Gasteiger partial charge in [-0.2, -0.15) is 0 Å². The van der Waals surface area contributed by atoms with Crippen LogP contribution in [0.3, 0.4) is 0 Å². The molecule has 1 unspecified atom stereocenters. The third-order valence-electron chi connectivity index (χ3n) is 6.86. The van der Waals surface area contributed by atoms with Crippen molar-refractivity contribution in [1.82, 2.24) is 10.2 Å². The lowest BCUT2D eigenvalue weighted by Gasteiger charge is -2.38. The number of benzene rings is 2. The number of anilines is 3. The van der Waals surface area contributed by atoms with Crippen LogP contribution in [0.5, 0.6) is 0 Å². The van der Waals surface area contributed by atoms with Gasteiger partial charge < -0.3 is 25.8 Å². The molecule has 176 valence electrons. The number of hydrogen-bond acceptors (Lipinski definition) is 5. The fraction of sp³-hybridized carbons (Fsp3) is 0.462. The van der Waals surface area contributed by atoms with Crippen LogP contribution in [0.15, 0.2) is 42.5 Å². The minimum Gasteiger partial charge on any atom is -0.397 e. The molecule has 2 aromatic rings. The zero-order chi connectivity index (χ0) is 23.4.